The predicted molar refractivity (Wildman–Crippen MR) is 180 cm³/mol. The summed E-state index contributed by atoms with van der Waals surface area (Å²) in [5.41, 5.74) is 4.84. The first-order valence-corrected chi connectivity index (χ1v) is 18.0. The molecule has 3 heteroatoms. The summed E-state index contributed by atoms with van der Waals surface area (Å²) in [5, 5.41) is 9.26. The molecule has 0 aliphatic heterocycles. The number of aliphatic carboxylic acids is 1. The van der Waals surface area contributed by atoms with Crippen molar-refractivity contribution in [1.29, 1.82) is 0 Å². The normalized spacial score (nSPS) is 10.9. The van der Waals surface area contributed by atoms with Gasteiger partial charge >= 0.3 is 0 Å². The minimum Gasteiger partial charge on any atom is -0.550 e. The van der Waals surface area contributed by atoms with Gasteiger partial charge in [-0.3, -0.25) is 0 Å². The third-order valence-electron chi connectivity index (χ3n) is 7.67. The molecule has 42 heavy (non-hydrogen) atoms. The molecule has 3 aromatic rings. The molecule has 2 nitrogen and oxygen atoms in total. The zero-order chi connectivity index (χ0) is 30.4. The van der Waals surface area contributed by atoms with Gasteiger partial charge in [-0.1, -0.05) is 134 Å². The van der Waals surface area contributed by atoms with E-state index in [1.807, 2.05) is 0 Å². The molecule has 0 aliphatic carbocycles. The van der Waals surface area contributed by atoms with Crippen molar-refractivity contribution in [3.8, 4) is 0 Å². The molecule has 0 heterocycles. The lowest BCUT2D eigenvalue weighted by atomic mass is 9.95. The molecular weight excluding hydrogens is 532 g/mol. The number of carbonyl (C=O) groups excluding carboxylic acids is 1. The summed E-state index contributed by atoms with van der Waals surface area (Å²) in [6.07, 6.45) is 19.7. The first kappa shape index (κ1) is 35.7. The fourth-order valence-corrected chi connectivity index (χ4v) is 7.78. The molecule has 0 unspecified atom stereocenters. The van der Waals surface area contributed by atoms with E-state index in [0.717, 1.165) is 0 Å². The number of aryl methyl sites for hydroxylation is 3. The minimum absolute atomic E-state index is 0.0692. The van der Waals surface area contributed by atoms with Gasteiger partial charge in [-0.15, -0.1) is 0 Å². The Bertz CT molecular complexity index is 1040. The SMILES string of the molecule is CCC(=O)[O-].CCCCCCc1cc(CCCCCC)c([S+](c2ccccc2)c2ccccc2)c(CCCCCC)c1. The van der Waals surface area contributed by atoms with Crippen LogP contribution in [0.1, 0.15) is 128 Å². The second-order valence-electron chi connectivity index (χ2n) is 11.3. The van der Waals surface area contributed by atoms with E-state index in [9.17, 15) is 9.90 Å². The molecular formula is C39H56O2S. The maximum atomic E-state index is 9.26. The third-order valence-corrected chi connectivity index (χ3v) is 10.1. The van der Waals surface area contributed by atoms with E-state index in [1.165, 1.54) is 113 Å². The summed E-state index contributed by atoms with van der Waals surface area (Å²) in [6, 6.07) is 27.9. The summed E-state index contributed by atoms with van der Waals surface area (Å²) in [6.45, 7) is 8.49. The van der Waals surface area contributed by atoms with Crippen LogP contribution in [-0.2, 0) is 35.0 Å². The third kappa shape index (κ3) is 13.2. The van der Waals surface area contributed by atoms with E-state index in [2.05, 4.69) is 93.6 Å². The molecule has 3 aromatic carbocycles. The maximum absolute atomic E-state index is 9.26. The number of benzene rings is 3. The van der Waals surface area contributed by atoms with Gasteiger partial charge < -0.3 is 9.90 Å². The molecule has 0 saturated heterocycles. The van der Waals surface area contributed by atoms with Crippen LogP contribution in [0.5, 0.6) is 0 Å². The Hall–Kier alpha value is -2.52. The standard InChI is InChI=1S/C36H51S.C3H6O2/c1-4-7-10-15-22-31-29-32(23-16-11-8-5-2)36(33(30-31)24-17-12-9-6-3)37(34-25-18-13-19-26-34)35-27-20-14-21-28-35;1-2-3(4)5/h13-14,18-21,25-30H,4-12,15-17,22-24H2,1-3H3;2H2,1H3,(H,4,5)/q+1;/p-1. The first-order valence-electron chi connectivity index (χ1n) is 16.7. The van der Waals surface area contributed by atoms with E-state index in [-0.39, 0.29) is 17.3 Å². The predicted octanol–water partition coefficient (Wildman–Crippen LogP) is 10.3. The highest BCUT2D eigenvalue weighted by molar-refractivity contribution is 7.97. The molecule has 0 aromatic heterocycles. The number of carboxylic acid groups (broad SMARTS) is 1. The lowest BCUT2D eigenvalue weighted by Gasteiger charge is -2.18. The average molecular weight is 589 g/mol. The number of carboxylic acids is 1. The highest BCUT2D eigenvalue weighted by atomic mass is 32.2. The molecule has 230 valence electrons. The van der Waals surface area contributed by atoms with Crippen molar-refractivity contribution < 1.29 is 9.90 Å². The molecule has 0 fully saturated rings. The quantitative estimate of drug-likeness (QED) is 0.103. The number of hydrogen-bond acceptors (Lipinski definition) is 2. The van der Waals surface area contributed by atoms with Crippen LogP contribution in [-0.4, -0.2) is 5.97 Å². The van der Waals surface area contributed by atoms with Crippen LogP contribution in [0.15, 0.2) is 87.5 Å². The zero-order valence-corrected chi connectivity index (χ0v) is 27.8. The van der Waals surface area contributed by atoms with E-state index >= 15 is 0 Å². The molecule has 0 amide bonds. The van der Waals surface area contributed by atoms with Gasteiger partial charge in [0.15, 0.2) is 14.7 Å². The van der Waals surface area contributed by atoms with Crippen molar-refractivity contribution in [2.24, 2.45) is 0 Å². The average Bonchev–Trinajstić information content (AvgIpc) is 3.02. The van der Waals surface area contributed by atoms with Crippen molar-refractivity contribution >= 4 is 16.9 Å². The summed E-state index contributed by atoms with van der Waals surface area (Å²) in [5.74, 6) is -0.995. The highest BCUT2D eigenvalue weighted by Gasteiger charge is 2.33. The molecule has 0 aliphatic rings. The molecule has 0 saturated carbocycles. The summed E-state index contributed by atoms with van der Waals surface area (Å²) in [7, 11) is -0.0692. The maximum Gasteiger partial charge on any atom is 0.172 e. The van der Waals surface area contributed by atoms with Gasteiger partial charge in [0, 0.05) is 17.1 Å². The van der Waals surface area contributed by atoms with Crippen molar-refractivity contribution in [3.63, 3.8) is 0 Å². The summed E-state index contributed by atoms with van der Waals surface area (Å²) in [4.78, 5) is 13.8. The second kappa shape index (κ2) is 22.1. The summed E-state index contributed by atoms with van der Waals surface area (Å²) < 4.78 is 0. The fourth-order valence-electron chi connectivity index (χ4n) is 5.33. The van der Waals surface area contributed by atoms with Crippen LogP contribution >= 0.6 is 0 Å². The molecule has 0 spiro atoms. The molecule has 3 rings (SSSR count). The van der Waals surface area contributed by atoms with Gasteiger partial charge in [0.2, 0.25) is 0 Å². The Morgan fingerprint density at radius 1 is 0.571 bits per heavy atom. The van der Waals surface area contributed by atoms with Crippen LogP contribution in [0.3, 0.4) is 0 Å². The summed E-state index contributed by atoms with van der Waals surface area (Å²) >= 11 is 0. The molecule has 0 radical (unpaired) electrons. The van der Waals surface area contributed by atoms with Gasteiger partial charge in [-0.05, 0) is 74.8 Å². The largest absolute Gasteiger partial charge is 0.550 e. The Morgan fingerprint density at radius 3 is 1.31 bits per heavy atom. The van der Waals surface area contributed by atoms with Crippen molar-refractivity contribution in [2.45, 2.75) is 145 Å². The lowest BCUT2D eigenvalue weighted by Crippen LogP contribution is -2.19. The zero-order valence-electron chi connectivity index (χ0n) is 27.0. The van der Waals surface area contributed by atoms with E-state index < -0.39 is 5.97 Å². The molecule has 0 atom stereocenters. The van der Waals surface area contributed by atoms with Crippen LogP contribution in [0.25, 0.3) is 0 Å². The van der Waals surface area contributed by atoms with Gasteiger partial charge in [0.25, 0.3) is 0 Å². The van der Waals surface area contributed by atoms with Gasteiger partial charge in [-0.25, -0.2) is 0 Å². The van der Waals surface area contributed by atoms with Crippen molar-refractivity contribution in [3.05, 3.63) is 89.5 Å². The van der Waals surface area contributed by atoms with Crippen LogP contribution < -0.4 is 5.11 Å². The van der Waals surface area contributed by atoms with Crippen LogP contribution in [0, 0.1) is 0 Å². The second-order valence-corrected chi connectivity index (χ2v) is 13.3. The van der Waals surface area contributed by atoms with E-state index in [4.69, 9.17) is 0 Å². The Morgan fingerprint density at radius 2 is 0.952 bits per heavy atom. The Kier molecular flexibility index (Phi) is 18.8. The highest BCUT2D eigenvalue weighted by Crippen LogP contribution is 2.38. The van der Waals surface area contributed by atoms with Crippen LogP contribution in [0.2, 0.25) is 0 Å². The first-order chi connectivity index (χ1) is 20.5. The monoisotopic (exact) mass is 588 g/mol. The number of unbranched alkanes of at least 4 members (excludes halogenated alkanes) is 9. The topological polar surface area (TPSA) is 40.1 Å². The van der Waals surface area contributed by atoms with Crippen molar-refractivity contribution in [1.82, 2.24) is 0 Å². The minimum atomic E-state index is -0.995. The number of carbonyl (C=O) groups is 1. The van der Waals surface area contributed by atoms with Crippen LogP contribution in [0.4, 0.5) is 0 Å². The molecule has 0 N–H and O–H groups in total. The van der Waals surface area contributed by atoms with Gasteiger partial charge in [0.1, 0.15) is 0 Å². The smallest absolute Gasteiger partial charge is 0.172 e. The lowest BCUT2D eigenvalue weighted by molar-refractivity contribution is -0.305. The number of hydrogen-bond donors (Lipinski definition) is 0. The number of rotatable bonds is 19. The Balaban J connectivity index is 0.00000113. The van der Waals surface area contributed by atoms with Crippen molar-refractivity contribution in [2.75, 3.05) is 0 Å². The Labute approximate surface area is 260 Å². The van der Waals surface area contributed by atoms with Gasteiger partial charge in [0.05, 0.1) is 10.9 Å². The molecule has 0 bridgehead atoms. The van der Waals surface area contributed by atoms with E-state index in [1.54, 1.807) is 21.6 Å². The fraction of sp³-hybridized carbons (Fsp3) is 0.513. The van der Waals surface area contributed by atoms with E-state index in [0.29, 0.717) is 0 Å². The van der Waals surface area contributed by atoms with Gasteiger partial charge in [-0.2, -0.15) is 0 Å².